The Hall–Kier alpha value is -2.77. The quantitative estimate of drug-likeness (QED) is 0.804. The summed E-state index contributed by atoms with van der Waals surface area (Å²) >= 11 is 0. The summed E-state index contributed by atoms with van der Waals surface area (Å²) in [4.78, 5) is 37.7. The first-order chi connectivity index (χ1) is 11.3. The van der Waals surface area contributed by atoms with Crippen LogP contribution in [0.2, 0.25) is 0 Å². The second kappa shape index (κ2) is 6.77. The second-order valence-corrected chi connectivity index (χ2v) is 5.62. The van der Waals surface area contributed by atoms with Gasteiger partial charge in [-0.25, -0.2) is 9.59 Å². The molecule has 0 saturated heterocycles. The minimum absolute atomic E-state index is 0.0510. The molecule has 8 nitrogen and oxygen atoms in total. The van der Waals surface area contributed by atoms with Gasteiger partial charge in [-0.05, 0) is 24.6 Å². The first kappa shape index (κ1) is 17.6. The Bertz CT molecular complexity index is 675. The van der Waals surface area contributed by atoms with Gasteiger partial charge in [-0.15, -0.1) is 0 Å². The molecule has 2 rings (SSSR count). The van der Waals surface area contributed by atoms with Crippen LogP contribution in [-0.4, -0.2) is 56.3 Å². The number of nitrogens with one attached hydrogen (secondary N) is 1. The van der Waals surface area contributed by atoms with Crippen LogP contribution in [0.4, 0.5) is 4.79 Å². The Kier molecular flexibility index (Phi) is 4.96. The molecule has 0 aromatic heterocycles. The minimum atomic E-state index is -1.43. The Balaban J connectivity index is 2.23. The summed E-state index contributed by atoms with van der Waals surface area (Å²) in [6.07, 6.45) is -0.784. The van der Waals surface area contributed by atoms with Crippen LogP contribution in [0.25, 0.3) is 0 Å². The van der Waals surface area contributed by atoms with Crippen molar-refractivity contribution in [3.63, 3.8) is 0 Å². The van der Waals surface area contributed by atoms with Crippen LogP contribution in [-0.2, 0) is 20.8 Å². The summed E-state index contributed by atoms with van der Waals surface area (Å²) in [6, 6.07) is 5.22. The molecule has 1 aromatic rings. The van der Waals surface area contributed by atoms with Crippen molar-refractivity contribution >= 4 is 18.0 Å². The van der Waals surface area contributed by atoms with Gasteiger partial charge < -0.3 is 24.4 Å². The lowest BCUT2D eigenvalue weighted by atomic mass is 10.0. The molecule has 1 aliphatic heterocycles. The average Bonchev–Trinajstić information content (AvgIpc) is 2.88. The van der Waals surface area contributed by atoms with Crippen LogP contribution in [0.3, 0.4) is 0 Å². The number of ether oxygens (including phenoxy) is 3. The molecular formula is C16H20N2O6. The second-order valence-electron chi connectivity index (χ2n) is 5.62. The van der Waals surface area contributed by atoms with E-state index >= 15 is 0 Å². The molecule has 24 heavy (non-hydrogen) atoms. The van der Waals surface area contributed by atoms with E-state index in [4.69, 9.17) is 9.47 Å². The number of methoxy groups -OCH3 is 3. The van der Waals surface area contributed by atoms with Gasteiger partial charge in [0.05, 0.1) is 27.9 Å². The lowest BCUT2D eigenvalue weighted by molar-refractivity contribution is -0.148. The fraction of sp³-hybridized carbons (Fsp3) is 0.438. The molecule has 0 saturated carbocycles. The Morgan fingerprint density at radius 1 is 1.25 bits per heavy atom. The van der Waals surface area contributed by atoms with Crippen molar-refractivity contribution in [2.75, 3.05) is 27.9 Å². The summed E-state index contributed by atoms with van der Waals surface area (Å²) in [5, 5.41) is 2.44. The maximum Gasteiger partial charge on any atom is 0.407 e. The van der Waals surface area contributed by atoms with Crippen LogP contribution >= 0.6 is 0 Å². The Labute approximate surface area is 139 Å². The molecule has 0 spiro atoms. The molecule has 1 aliphatic rings. The van der Waals surface area contributed by atoms with Gasteiger partial charge in [-0.2, -0.15) is 0 Å². The van der Waals surface area contributed by atoms with Crippen LogP contribution in [0.15, 0.2) is 18.2 Å². The maximum absolute atomic E-state index is 12.6. The summed E-state index contributed by atoms with van der Waals surface area (Å²) < 4.78 is 14.4. The molecular weight excluding hydrogens is 316 g/mol. The number of carbonyl (C=O) groups is 3. The molecule has 1 heterocycles. The number of esters is 1. The van der Waals surface area contributed by atoms with E-state index in [0.29, 0.717) is 17.9 Å². The highest BCUT2D eigenvalue weighted by Gasteiger charge is 2.41. The van der Waals surface area contributed by atoms with Crippen molar-refractivity contribution in [2.24, 2.45) is 0 Å². The monoisotopic (exact) mass is 336 g/mol. The normalized spacial score (nSPS) is 15.3. The van der Waals surface area contributed by atoms with Crippen LogP contribution in [0.5, 0.6) is 5.75 Å². The van der Waals surface area contributed by atoms with Gasteiger partial charge in [0.2, 0.25) is 0 Å². The number of amides is 2. The van der Waals surface area contributed by atoms with E-state index in [1.807, 2.05) is 0 Å². The molecule has 2 amide bonds. The molecule has 0 fully saturated rings. The minimum Gasteiger partial charge on any atom is -0.497 e. The number of carbonyl (C=O) groups excluding carboxylic acids is 3. The van der Waals surface area contributed by atoms with E-state index in [0.717, 1.165) is 5.56 Å². The van der Waals surface area contributed by atoms with E-state index < -0.39 is 17.6 Å². The first-order valence-corrected chi connectivity index (χ1v) is 7.25. The predicted octanol–water partition coefficient (Wildman–Crippen LogP) is 0.939. The van der Waals surface area contributed by atoms with Gasteiger partial charge in [0, 0.05) is 12.1 Å². The number of hydrogen-bond donors (Lipinski definition) is 1. The SMILES string of the molecule is COC(=O)N[C@](C)(CN1Cc2ccc(OC)cc2C1=O)C(=O)OC. The summed E-state index contributed by atoms with van der Waals surface area (Å²) in [5.74, 6) is -0.340. The highest BCUT2D eigenvalue weighted by Crippen LogP contribution is 2.28. The van der Waals surface area contributed by atoms with Gasteiger partial charge >= 0.3 is 12.1 Å². The topological polar surface area (TPSA) is 94.2 Å². The number of rotatable bonds is 5. The molecule has 1 N–H and O–H groups in total. The number of alkyl carbamates (subject to hydrolysis) is 1. The van der Waals surface area contributed by atoms with E-state index in [1.54, 1.807) is 18.2 Å². The lowest BCUT2D eigenvalue weighted by Gasteiger charge is -2.31. The van der Waals surface area contributed by atoms with Gasteiger partial charge in [-0.3, -0.25) is 4.79 Å². The van der Waals surface area contributed by atoms with Crippen molar-refractivity contribution < 1.29 is 28.6 Å². The Morgan fingerprint density at radius 2 is 1.96 bits per heavy atom. The molecule has 1 aromatic carbocycles. The zero-order valence-electron chi connectivity index (χ0n) is 14.0. The number of nitrogens with zero attached hydrogens (tertiary/aromatic N) is 1. The fourth-order valence-electron chi connectivity index (χ4n) is 2.63. The zero-order valence-corrected chi connectivity index (χ0v) is 14.0. The van der Waals surface area contributed by atoms with E-state index in [-0.39, 0.29) is 12.5 Å². The van der Waals surface area contributed by atoms with Gasteiger partial charge in [0.15, 0.2) is 5.54 Å². The van der Waals surface area contributed by atoms with Crippen molar-refractivity contribution in [3.05, 3.63) is 29.3 Å². The number of fused-ring (bicyclic) bond motifs is 1. The van der Waals surface area contributed by atoms with E-state index in [9.17, 15) is 14.4 Å². The van der Waals surface area contributed by atoms with Gasteiger partial charge in [0.1, 0.15) is 5.75 Å². The smallest absolute Gasteiger partial charge is 0.407 e. The van der Waals surface area contributed by atoms with Gasteiger partial charge in [0.25, 0.3) is 5.91 Å². The van der Waals surface area contributed by atoms with E-state index in [2.05, 4.69) is 10.1 Å². The van der Waals surface area contributed by atoms with E-state index in [1.165, 1.54) is 33.2 Å². The van der Waals surface area contributed by atoms with Gasteiger partial charge in [-0.1, -0.05) is 6.07 Å². The molecule has 130 valence electrons. The fourth-order valence-corrected chi connectivity index (χ4v) is 2.63. The molecule has 0 aliphatic carbocycles. The highest BCUT2D eigenvalue weighted by atomic mass is 16.5. The average molecular weight is 336 g/mol. The predicted molar refractivity (Wildman–Crippen MR) is 83.7 cm³/mol. The molecule has 8 heteroatoms. The molecule has 0 unspecified atom stereocenters. The highest BCUT2D eigenvalue weighted by molar-refractivity contribution is 5.99. The molecule has 0 bridgehead atoms. The first-order valence-electron chi connectivity index (χ1n) is 7.25. The maximum atomic E-state index is 12.6. The Morgan fingerprint density at radius 3 is 2.54 bits per heavy atom. The third kappa shape index (κ3) is 3.27. The third-order valence-corrected chi connectivity index (χ3v) is 3.90. The number of hydrogen-bond acceptors (Lipinski definition) is 6. The summed E-state index contributed by atoms with van der Waals surface area (Å²) in [6.45, 7) is 1.75. The number of benzene rings is 1. The third-order valence-electron chi connectivity index (χ3n) is 3.90. The zero-order chi connectivity index (χ0) is 17.9. The standard InChI is InChI=1S/C16H20N2O6/c1-16(14(20)23-3,17-15(21)24-4)9-18-8-10-5-6-11(22-2)7-12(10)13(18)19/h5-7H,8-9H2,1-4H3,(H,17,21)/t16-/m1/s1. The van der Waals surface area contributed by atoms with Crippen LogP contribution in [0, 0.1) is 0 Å². The molecule has 0 radical (unpaired) electrons. The van der Waals surface area contributed by atoms with Crippen molar-refractivity contribution in [1.29, 1.82) is 0 Å². The van der Waals surface area contributed by atoms with Crippen LogP contribution in [0.1, 0.15) is 22.8 Å². The van der Waals surface area contributed by atoms with Crippen molar-refractivity contribution in [1.82, 2.24) is 10.2 Å². The van der Waals surface area contributed by atoms with Crippen LogP contribution < -0.4 is 10.1 Å². The summed E-state index contributed by atoms with van der Waals surface area (Å²) in [5.41, 5.74) is -0.0883. The molecule has 1 atom stereocenters. The van der Waals surface area contributed by atoms with Crippen molar-refractivity contribution in [3.8, 4) is 5.75 Å². The van der Waals surface area contributed by atoms with Crippen molar-refractivity contribution in [2.45, 2.75) is 19.0 Å². The lowest BCUT2D eigenvalue weighted by Crippen LogP contribution is -2.59. The summed E-state index contributed by atoms with van der Waals surface area (Å²) in [7, 11) is 3.93. The largest absolute Gasteiger partial charge is 0.497 e.